The fraction of sp³-hybridized carbons (Fsp3) is 0.933. The van der Waals surface area contributed by atoms with E-state index in [2.05, 4.69) is 29.5 Å². The highest BCUT2D eigenvalue weighted by molar-refractivity contribution is 14.0. The highest BCUT2D eigenvalue weighted by Crippen LogP contribution is 2.07. The molecule has 132 valence electrons. The van der Waals surface area contributed by atoms with Crippen LogP contribution >= 0.6 is 24.0 Å². The van der Waals surface area contributed by atoms with Gasteiger partial charge in [0.1, 0.15) is 0 Å². The maximum absolute atomic E-state index is 5.71. The van der Waals surface area contributed by atoms with Crippen molar-refractivity contribution in [3.8, 4) is 0 Å². The van der Waals surface area contributed by atoms with Crippen LogP contribution in [0.5, 0.6) is 0 Å². The van der Waals surface area contributed by atoms with Crippen molar-refractivity contribution in [2.45, 2.75) is 32.8 Å². The zero-order valence-corrected chi connectivity index (χ0v) is 16.4. The van der Waals surface area contributed by atoms with Crippen LogP contribution in [0.1, 0.15) is 26.7 Å². The molecule has 1 atom stereocenters. The quantitative estimate of drug-likeness (QED) is 0.239. The van der Waals surface area contributed by atoms with Crippen LogP contribution in [0.15, 0.2) is 4.99 Å². The van der Waals surface area contributed by atoms with Gasteiger partial charge >= 0.3 is 0 Å². The zero-order chi connectivity index (χ0) is 15.3. The Morgan fingerprint density at radius 3 is 2.68 bits per heavy atom. The average molecular weight is 429 g/mol. The minimum atomic E-state index is 0. The van der Waals surface area contributed by atoms with E-state index in [-0.39, 0.29) is 24.0 Å². The van der Waals surface area contributed by atoms with Gasteiger partial charge in [-0.25, -0.2) is 0 Å². The number of rotatable bonds is 10. The van der Waals surface area contributed by atoms with E-state index in [1.54, 1.807) is 7.05 Å². The summed E-state index contributed by atoms with van der Waals surface area (Å²) in [7, 11) is 1.77. The molecule has 1 fully saturated rings. The minimum absolute atomic E-state index is 0. The molecule has 0 radical (unpaired) electrons. The van der Waals surface area contributed by atoms with Gasteiger partial charge in [0.25, 0.3) is 0 Å². The van der Waals surface area contributed by atoms with E-state index in [0.717, 1.165) is 58.3 Å². The number of hydrogen-bond acceptors (Lipinski definition) is 4. The number of ether oxygens (including phenoxy) is 3. The first-order valence-electron chi connectivity index (χ1n) is 7.94. The normalized spacial score (nSPS) is 18.4. The lowest BCUT2D eigenvalue weighted by Crippen LogP contribution is -2.39. The van der Waals surface area contributed by atoms with E-state index in [1.165, 1.54) is 0 Å². The third-order valence-electron chi connectivity index (χ3n) is 3.07. The second-order valence-corrected chi connectivity index (χ2v) is 5.60. The van der Waals surface area contributed by atoms with Gasteiger partial charge in [-0.1, -0.05) is 13.8 Å². The first kappa shape index (κ1) is 21.9. The molecule has 0 saturated carbocycles. The zero-order valence-electron chi connectivity index (χ0n) is 14.1. The summed E-state index contributed by atoms with van der Waals surface area (Å²) in [5, 5.41) is 6.49. The van der Waals surface area contributed by atoms with E-state index in [4.69, 9.17) is 14.2 Å². The second-order valence-electron chi connectivity index (χ2n) is 5.60. The maximum atomic E-state index is 5.71. The van der Waals surface area contributed by atoms with Crippen LogP contribution in [-0.4, -0.2) is 65.2 Å². The van der Waals surface area contributed by atoms with Gasteiger partial charge in [-0.3, -0.25) is 4.99 Å². The number of nitrogens with zero attached hydrogens (tertiary/aromatic N) is 1. The largest absolute Gasteiger partial charge is 0.379 e. The Morgan fingerprint density at radius 1 is 1.27 bits per heavy atom. The minimum Gasteiger partial charge on any atom is -0.379 e. The van der Waals surface area contributed by atoms with Crippen LogP contribution in [0.25, 0.3) is 0 Å². The molecule has 1 unspecified atom stereocenters. The molecule has 2 N–H and O–H groups in total. The van der Waals surface area contributed by atoms with Crippen molar-refractivity contribution < 1.29 is 14.2 Å². The predicted molar refractivity (Wildman–Crippen MR) is 100 cm³/mol. The van der Waals surface area contributed by atoms with E-state index < -0.39 is 0 Å². The van der Waals surface area contributed by atoms with Crippen molar-refractivity contribution in [1.82, 2.24) is 10.6 Å². The predicted octanol–water partition coefficient (Wildman–Crippen LogP) is 1.64. The molecule has 1 aliphatic rings. The summed E-state index contributed by atoms with van der Waals surface area (Å²) < 4.78 is 16.5. The Hall–Kier alpha value is -0.120. The topological polar surface area (TPSA) is 64.1 Å². The van der Waals surface area contributed by atoms with Gasteiger partial charge in [0.05, 0.1) is 19.3 Å². The SMILES string of the molecule is CN=C(NCCCOC1CCOC1)NCCOCC(C)C.I. The standard InChI is InChI=1S/C15H31N3O3.HI/c1-13(2)11-20-10-7-18-15(16-3)17-6-4-8-21-14-5-9-19-12-14;/h13-14H,4-12H2,1-3H3,(H2,16,17,18);1H. The van der Waals surface area contributed by atoms with Crippen molar-refractivity contribution >= 4 is 29.9 Å². The van der Waals surface area contributed by atoms with Gasteiger partial charge in [0.15, 0.2) is 5.96 Å². The summed E-state index contributed by atoms with van der Waals surface area (Å²) in [5.74, 6) is 1.39. The van der Waals surface area contributed by atoms with Crippen molar-refractivity contribution in [3.63, 3.8) is 0 Å². The molecule has 22 heavy (non-hydrogen) atoms. The van der Waals surface area contributed by atoms with Gasteiger partial charge in [-0.2, -0.15) is 0 Å². The molecule has 1 aliphatic heterocycles. The van der Waals surface area contributed by atoms with Crippen LogP contribution in [0.3, 0.4) is 0 Å². The molecule has 0 amide bonds. The van der Waals surface area contributed by atoms with E-state index in [9.17, 15) is 0 Å². The highest BCUT2D eigenvalue weighted by atomic mass is 127. The lowest BCUT2D eigenvalue weighted by molar-refractivity contribution is 0.0420. The lowest BCUT2D eigenvalue weighted by Gasteiger charge is -2.13. The Balaban J connectivity index is 0.00000441. The molecule has 1 saturated heterocycles. The number of guanidine groups is 1. The van der Waals surface area contributed by atoms with Gasteiger partial charge < -0.3 is 24.8 Å². The Morgan fingerprint density at radius 2 is 2.05 bits per heavy atom. The third kappa shape index (κ3) is 11.4. The van der Waals surface area contributed by atoms with Gasteiger partial charge in [0, 0.05) is 40.0 Å². The Kier molecular flexibility index (Phi) is 14.4. The second kappa shape index (κ2) is 14.5. The lowest BCUT2D eigenvalue weighted by atomic mass is 10.2. The Bertz CT molecular complexity index is 285. The van der Waals surface area contributed by atoms with Crippen molar-refractivity contribution in [2.75, 3.05) is 53.2 Å². The number of hydrogen-bond donors (Lipinski definition) is 2. The molecular formula is C15H32IN3O3. The number of aliphatic imine (C=N–C) groups is 1. The molecule has 0 spiro atoms. The summed E-state index contributed by atoms with van der Waals surface area (Å²) in [6.07, 6.45) is 2.27. The van der Waals surface area contributed by atoms with Crippen molar-refractivity contribution in [2.24, 2.45) is 10.9 Å². The first-order chi connectivity index (χ1) is 10.2. The van der Waals surface area contributed by atoms with Crippen LogP contribution in [0, 0.1) is 5.92 Å². The molecule has 0 bridgehead atoms. The summed E-state index contributed by atoms with van der Waals surface area (Å²) >= 11 is 0. The maximum Gasteiger partial charge on any atom is 0.191 e. The molecule has 0 aromatic heterocycles. The molecule has 0 aromatic carbocycles. The average Bonchev–Trinajstić information content (AvgIpc) is 2.97. The van der Waals surface area contributed by atoms with E-state index in [1.807, 2.05) is 0 Å². The van der Waals surface area contributed by atoms with Crippen molar-refractivity contribution in [1.29, 1.82) is 0 Å². The molecular weight excluding hydrogens is 397 g/mol. The number of nitrogens with one attached hydrogen (secondary N) is 2. The van der Waals surface area contributed by atoms with Gasteiger partial charge in [-0.15, -0.1) is 24.0 Å². The smallest absolute Gasteiger partial charge is 0.191 e. The highest BCUT2D eigenvalue weighted by Gasteiger charge is 2.15. The molecule has 1 heterocycles. The number of halogens is 1. The summed E-state index contributed by atoms with van der Waals surface area (Å²) in [5.41, 5.74) is 0. The Labute approximate surface area is 151 Å². The fourth-order valence-electron chi connectivity index (χ4n) is 1.95. The molecule has 1 rings (SSSR count). The van der Waals surface area contributed by atoms with Crippen LogP contribution in [0.4, 0.5) is 0 Å². The molecule has 0 aromatic rings. The van der Waals surface area contributed by atoms with Crippen LogP contribution in [-0.2, 0) is 14.2 Å². The van der Waals surface area contributed by atoms with Crippen molar-refractivity contribution in [3.05, 3.63) is 0 Å². The fourth-order valence-corrected chi connectivity index (χ4v) is 1.95. The summed E-state index contributed by atoms with van der Waals surface area (Å²) in [6, 6.07) is 0. The first-order valence-corrected chi connectivity index (χ1v) is 7.94. The van der Waals surface area contributed by atoms with Gasteiger partial charge in [-0.05, 0) is 18.8 Å². The third-order valence-corrected chi connectivity index (χ3v) is 3.07. The van der Waals surface area contributed by atoms with Gasteiger partial charge in [0.2, 0.25) is 0 Å². The van der Waals surface area contributed by atoms with E-state index in [0.29, 0.717) is 18.6 Å². The molecule has 0 aliphatic carbocycles. The monoisotopic (exact) mass is 429 g/mol. The van der Waals surface area contributed by atoms with Crippen LogP contribution in [0.2, 0.25) is 0 Å². The summed E-state index contributed by atoms with van der Waals surface area (Å²) in [6.45, 7) is 9.74. The van der Waals surface area contributed by atoms with Crippen LogP contribution < -0.4 is 10.6 Å². The van der Waals surface area contributed by atoms with E-state index >= 15 is 0 Å². The molecule has 6 nitrogen and oxygen atoms in total. The molecule has 7 heteroatoms. The summed E-state index contributed by atoms with van der Waals surface area (Å²) in [4.78, 5) is 4.17.